The maximum absolute atomic E-state index is 4.53. The third kappa shape index (κ3) is 2.37. The van der Waals surface area contributed by atoms with E-state index >= 15 is 0 Å². The molecule has 0 saturated heterocycles. The van der Waals surface area contributed by atoms with Gasteiger partial charge in [0.25, 0.3) is 0 Å². The zero-order chi connectivity index (χ0) is 13.1. The minimum atomic E-state index is 0.106. The minimum Gasteiger partial charge on any atom is -0.305 e. The van der Waals surface area contributed by atoms with E-state index in [1.165, 1.54) is 5.56 Å². The number of benzene rings is 1. The molecule has 0 aliphatic heterocycles. The minimum absolute atomic E-state index is 0.106. The van der Waals surface area contributed by atoms with Crippen LogP contribution in [0.3, 0.4) is 0 Å². The van der Waals surface area contributed by atoms with Crippen molar-refractivity contribution in [2.45, 2.75) is 13.0 Å². The molecular formula is C15H15N3S. The van der Waals surface area contributed by atoms with E-state index in [2.05, 4.69) is 51.9 Å². The van der Waals surface area contributed by atoms with Gasteiger partial charge in [0.05, 0.1) is 22.8 Å². The Morgan fingerprint density at radius 3 is 2.89 bits per heavy atom. The Morgan fingerprint density at radius 2 is 2.11 bits per heavy atom. The van der Waals surface area contributed by atoms with Gasteiger partial charge in [0.1, 0.15) is 0 Å². The molecule has 0 saturated carbocycles. The molecule has 2 heterocycles. The van der Waals surface area contributed by atoms with E-state index in [1.807, 2.05) is 17.8 Å². The molecule has 4 heteroatoms. The van der Waals surface area contributed by atoms with E-state index < -0.39 is 0 Å². The molecule has 0 bridgehead atoms. The van der Waals surface area contributed by atoms with Crippen LogP contribution in [0, 0.1) is 0 Å². The molecule has 2 aromatic heterocycles. The van der Waals surface area contributed by atoms with Crippen LogP contribution in [-0.2, 0) is 0 Å². The van der Waals surface area contributed by atoms with Gasteiger partial charge in [-0.15, -0.1) is 11.3 Å². The van der Waals surface area contributed by atoms with E-state index in [4.69, 9.17) is 0 Å². The second kappa shape index (κ2) is 5.47. The molecule has 19 heavy (non-hydrogen) atoms. The van der Waals surface area contributed by atoms with Crippen molar-refractivity contribution < 1.29 is 0 Å². The fraction of sp³-hybridized carbons (Fsp3) is 0.200. The smallest absolute Gasteiger partial charge is 0.0795 e. The van der Waals surface area contributed by atoms with Gasteiger partial charge in [-0.1, -0.05) is 31.2 Å². The van der Waals surface area contributed by atoms with Crippen molar-refractivity contribution in [3.05, 3.63) is 58.7 Å². The molecule has 0 aliphatic carbocycles. The van der Waals surface area contributed by atoms with Crippen LogP contribution < -0.4 is 5.32 Å². The Morgan fingerprint density at radius 1 is 1.21 bits per heavy atom. The summed E-state index contributed by atoms with van der Waals surface area (Å²) < 4.78 is 0. The maximum Gasteiger partial charge on any atom is 0.0795 e. The SMILES string of the molecule is CCNC(c1cscn1)c1cccc2cccnc12. The molecule has 1 N–H and O–H groups in total. The van der Waals surface area contributed by atoms with Crippen LogP contribution in [0.1, 0.15) is 24.2 Å². The van der Waals surface area contributed by atoms with Gasteiger partial charge in [-0.05, 0) is 12.6 Å². The molecule has 3 rings (SSSR count). The van der Waals surface area contributed by atoms with Gasteiger partial charge in [-0.25, -0.2) is 4.98 Å². The van der Waals surface area contributed by atoms with Gasteiger partial charge in [-0.3, -0.25) is 4.98 Å². The molecule has 3 nitrogen and oxygen atoms in total. The summed E-state index contributed by atoms with van der Waals surface area (Å²) in [7, 11) is 0. The van der Waals surface area contributed by atoms with Crippen molar-refractivity contribution in [2.24, 2.45) is 0 Å². The predicted octanol–water partition coefficient (Wildman–Crippen LogP) is 3.39. The normalized spacial score (nSPS) is 12.7. The van der Waals surface area contributed by atoms with Crippen molar-refractivity contribution in [2.75, 3.05) is 6.54 Å². The van der Waals surface area contributed by atoms with Crippen molar-refractivity contribution in [3.63, 3.8) is 0 Å². The Hall–Kier alpha value is -1.78. The monoisotopic (exact) mass is 269 g/mol. The van der Waals surface area contributed by atoms with E-state index in [0.717, 1.165) is 23.1 Å². The highest BCUT2D eigenvalue weighted by Gasteiger charge is 2.17. The molecule has 96 valence electrons. The first-order valence-corrected chi connectivity index (χ1v) is 7.29. The zero-order valence-electron chi connectivity index (χ0n) is 10.7. The number of pyridine rings is 1. The molecule has 0 spiro atoms. The number of nitrogens with one attached hydrogen (secondary N) is 1. The summed E-state index contributed by atoms with van der Waals surface area (Å²) in [6, 6.07) is 10.5. The Balaban J connectivity index is 2.15. The van der Waals surface area contributed by atoms with Crippen LogP contribution in [0.15, 0.2) is 47.4 Å². The lowest BCUT2D eigenvalue weighted by Crippen LogP contribution is -2.22. The summed E-state index contributed by atoms with van der Waals surface area (Å²) in [5.41, 5.74) is 5.16. The molecule has 1 atom stereocenters. The summed E-state index contributed by atoms with van der Waals surface area (Å²) in [6.45, 7) is 3.00. The number of rotatable bonds is 4. The highest BCUT2D eigenvalue weighted by atomic mass is 32.1. The van der Waals surface area contributed by atoms with Gasteiger partial charge in [0.2, 0.25) is 0 Å². The number of hydrogen-bond acceptors (Lipinski definition) is 4. The van der Waals surface area contributed by atoms with Crippen LogP contribution in [-0.4, -0.2) is 16.5 Å². The average molecular weight is 269 g/mol. The second-order valence-electron chi connectivity index (χ2n) is 4.33. The van der Waals surface area contributed by atoms with Gasteiger partial charge >= 0.3 is 0 Å². The molecule has 0 amide bonds. The lowest BCUT2D eigenvalue weighted by atomic mass is 10.0. The number of thiazole rings is 1. The highest BCUT2D eigenvalue weighted by molar-refractivity contribution is 7.07. The molecule has 0 fully saturated rings. The third-order valence-corrected chi connectivity index (χ3v) is 3.74. The lowest BCUT2D eigenvalue weighted by molar-refractivity contribution is 0.621. The van der Waals surface area contributed by atoms with Crippen molar-refractivity contribution in [3.8, 4) is 0 Å². The van der Waals surface area contributed by atoms with Crippen molar-refractivity contribution >= 4 is 22.2 Å². The van der Waals surface area contributed by atoms with Gasteiger partial charge in [-0.2, -0.15) is 0 Å². The first-order chi connectivity index (χ1) is 9.40. The quantitative estimate of drug-likeness (QED) is 0.789. The van der Waals surface area contributed by atoms with Crippen molar-refractivity contribution in [1.82, 2.24) is 15.3 Å². The summed E-state index contributed by atoms with van der Waals surface area (Å²) in [6.07, 6.45) is 1.84. The largest absolute Gasteiger partial charge is 0.305 e. The summed E-state index contributed by atoms with van der Waals surface area (Å²) in [5.74, 6) is 0. The Kier molecular flexibility index (Phi) is 3.53. The number of hydrogen-bond donors (Lipinski definition) is 1. The Bertz CT molecular complexity index is 659. The molecular weight excluding hydrogens is 254 g/mol. The van der Waals surface area contributed by atoms with Crippen LogP contribution in [0.2, 0.25) is 0 Å². The van der Waals surface area contributed by atoms with E-state index in [1.54, 1.807) is 11.3 Å². The fourth-order valence-electron chi connectivity index (χ4n) is 2.30. The first-order valence-electron chi connectivity index (χ1n) is 6.35. The first kappa shape index (κ1) is 12.3. The Labute approximate surface area is 116 Å². The van der Waals surface area contributed by atoms with Gasteiger partial charge < -0.3 is 5.32 Å². The van der Waals surface area contributed by atoms with E-state index in [0.29, 0.717) is 0 Å². The standard InChI is InChI=1S/C15H15N3S/c1-2-16-15(13-9-19-10-18-13)12-7-3-5-11-6-4-8-17-14(11)12/h3-10,15-16H,2H2,1H3. The summed E-state index contributed by atoms with van der Waals surface area (Å²) in [4.78, 5) is 8.98. The number of nitrogens with zero attached hydrogens (tertiary/aromatic N) is 2. The third-order valence-electron chi connectivity index (χ3n) is 3.13. The van der Waals surface area contributed by atoms with Gasteiger partial charge in [0.15, 0.2) is 0 Å². The summed E-state index contributed by atoms with van der Waals surface area (Å²) in [5, 5.41) is 6.75. The molecule has 1 unspecified atom stereocenters. The molecule has 3 aromatic rings. The molecule has 0 radical (unpaired) electrons. The van der Waals surface area contributed by atoms with Gasteiger partial charge in [0, 0.05) is 22.5 Å². The van der Waals surface area contributed by atoms with E-state index in [-0.39, 0.29) is 6.04 Å². The van der Waals surface area contributed by atoms with Crippen LogP contribution in [0.25, 0.3) is 10.9 Å². The second-order valence-corrected chi connectivity index (χ2v) is 5.05. The lowest BCUT2D eigenvalue weighted by Gasteiger charge is -2.17. The van der Waals surface area contributed by atoms with Crippen molar-refractivity contribution in [1.29, 1.82) is 0 Å². The predicted molar refractivity (Wildman–Crippen MR) is 79.4 cm³/mol. The highest BCUT2D eigenvalue weighted by Crippen LogP contribution is 2.27. The van der Waals surface area contributed by atoms with Crippen LogP contribution in [0.4, 0.5) is 0 Å². The number of aromatic nitrogens is 2. The zero-order valence-corrected chi connectivity index (χ0v) is 11.5. The topological polar surface area (TPSA) is 37.8 Å². The van der Waals surface area contributed by atoms with E-state index in [9.17, 15) is 0 Å². The molecule has 0 aliphatic rings. The summed E-state index contributed by atoms with van der Waals surface area (Å²) >= 11 is 1.62. The van der Waals surface area contributed by atoms with Crippen LogP contribution >= 0.6 is 11.3 Å². The molecule has 1 aromatic carbocycles. The average Bonchev–Trinajstić information content (AvgIpc) is 2.98. The number of fused-ring (bicyclic) bond motifs is 1. The maximum atomic E-state index is 4.53. The number of para-hydroxylation sites is 1. The fourth-order valence-corrected chi connectivity index (χ4v) is 2.88. The van der Waals surface area contributed by atoms with Crippen LogP contribution in [0.5, 0.6) is 0 Å².